The van der Waals surface area contributed by atoms with Crippen molar-refractivity contribution in [3.8, 4) is 0 Å². The molecule has 0 aliphatic heterocycles. The molecule has 6 nitrogen and oxygen atoms in total. The highest BCUT2D eigenvalue weighted by Gasteiger charge is 2.29. The van der Waals surface area contributed by atoms with Crippen molar-refractivity contribution in [1.29, 1.82) is 0 Å². The molecule has 1 heterocycles. The Morgan fingerprint density at radius 2 is 1.72 bits per heavy atom. The predicted molar refractivity (Wildman–Crippen MR) is 111 cm³/mol. The van der Waals surface area contributed by atoms with Crippen LogP contribution >= 0.6 is 0 Å². The average molecular weight is 396 g/mol. The molecular weight excluding hydrogens is 368 g/mol. The standard InChI is InChI=1S/C23H28N2O4/c1-14-12-19(15(2)25(14)18-10-11-18)21(27)29-13-20(26)16-6-8-17(9-7-16)24-22(28)23(3,4)5/h6-9,12,18H,10-11,13H2,1-5H3,(H,24,28). The van der Waals surface area contributed by atoms with Crippen LogP contribution < -0.4 is 5.32 Å². The van der Waals surface area contributed by atoms with Crippen LogP contribution in [0.2, 0.25) is 0 Å². The summed E-state index contributed by atoms with van der Waals surface area (Å²) in [6.07, 6.45) is 2.27. The number of anilines is 1. The smallest absolute Gasteiger partial charge is 0.340 e. The van der Waals surface area contributed by atoms with Gasteiger partial charge < -0.3 is 14.6 Å². The van der Waals surface area contributed by atoms with Gasteiger partial charge in [0.1, 0.15) is 0 Å². The molecule has 1 aromatic carbocycles. The minimum atomic E-state index is -0.502. The minimum Gasteiger partial charge on any atom is -0.454 e. The molecule has 1 aromatic heterocycles. The number of hydrogen-bond donors (Lipinski definition) is 1. The second-order valence-corrected chi connectivity index (χ2v) is 8.67. The van der Waals surface area contributed by atoms with Crippen LogP contribution in [0.3, 0.4) is 0 Å². The quantitative estimate of drug-likeness (QED) is 0.577. The third-order valence-electron chi connectivity index (χ3n) is 5.10. The number of carbonyl (C=O) groups excluding carboxylic acids is 3. The summed E-state index contributed by atoms with van der Waals surface area (Å²) in [5.41, 5.74) is 2.98. The lowest BCUT2D eigenvalue weighted by molar-refractivity contribution is -0.123. The lowest BCUT2D eigenvalue weighted by Gasteiger charge is -2.17. The lowest BCUT2D eigenvalue weighted by Crippen LogP contribution is -2.27. The van der Waals surface area contributed by atoms with Crippen LogP contribution in [0, 0.1) is 19.3 Å². The molecule has 0 bridgehead atoms. The van der Waals surface area contributed by atoms with Crippen molar-refractivity contribution in [3.63, 3.8) is 0 Å². The van der Waals surface area contributed by atoms with E-state index in [0.717, 1.165) is 24.2 Å². The summed E-state index contributed by atoms with van der Waals surface area (Å²) in [6.45, 7) is 9.06. The summed E-state index contributed by atoms with van der Waals surface area (Å²) in [5, 5.41) is 2.81. The number of nitrogens with zero attached hydrogens (tertiary/aromatic N) is 1. The molecule has 1 aliphatic rings. The number of benzene rings is 1. The first-order valence-electron chi connectivity index (χ1n) is 9.88. The molecule has 154 valence electrons. The van der Waals surface area contributed by atoms with Crippen molar-refractivity contribution in [1.82, 2.24) is 4.57 Å². The Balaban J connectivity index is 1.59. The zero-order valence-electron chi connectivity index (χ0n) is 17.7. The third kappa shape index (κ3) is 4.75. The maximum absolute atomic E-state index is 12.4. The molecule has 29 heavy (non-hydrogen) atoms. The number of nitrogens with one attached hydrogen (secondary N) is 1. The molecule has 0 spiro atoms. The SMILES string of the molecule is Cc1cc(C(=O)OCC(=O)c2ccc(NC(=O)C(C)(C)C)cc2)c(C)n1C1CC1. The fraction of sp³-hybridized carbons (Fsp3) is 0.435. The van der Waals surface area contributed by atoms with E-state index in [1.807, 2.05) is 40.7 Å². The van der Waals surface area contributed by atoms with E-state index in [0.29, 0.717) is 22.9 Å². The number of ether oxygens (including phenoxy) is 1. The van der Waals surface area contributed by atoms with E-state index in [-0.39, 0.29) is 18.3 Å². The van der Waals surface area contributed by atoms with Crippen LogP contribution in [-0.4, -0.2) is 28.8 Å². The fourth-order valence-corrected chi connectivity index (χ4v) is 3.23. The molecule has 2 aromatic rings. The van der Waals surface area contributed by atoms with Gasteiger partial charge in [0.25, 0.3) is 0 Å². The zero-order chi connectivity index (χ0) is 21.3. The Kier molecular flexibility index (Phi) is 5.64. The molecule has 6 heteroatoms. The Morgan fingerprint density at radius 1 is 1.10 bits per heavy atom. The van der Waals surface area contributed by atoms with Gasteiger partial charge in [0.15, 0.2) is 12.4 Å². The minimum absolute atomic E-state index is 0.102. The van der Waals surface area contributed by atoms with Crippen molar-refractivity contribution in [2.75, 3.05) is 11.9 Å². The van der Waals surface area contributed by atoms with Gasteiger partial charge in [-0.05, 0) is 57.0 Å². The highest BCUT2D eigenvalue weighted by Crippen LogP contribution is 2.38. The first-order valence-corrected chi connectivity index (χ1v) is 9.88. The van der Waals surface area contributed by atoms with E-state index < -0.39 is 11.4 Å². The van der Waals surface area contributed by atoms with Crippen LogP contribution in [0.4, 0.5) is 5.69 Å². The highest BCUT2D eigenvalue weighted by molar-refractivity contribution is 6.00. The van der Waals surface area contributed by atoms with Gasteiger partial charge in [-0.25, -0.2) is 4.79 Å². The maximum Gasteiger partial charge on any atom is 0.340 e. The van der Waals surface area contributed by atoms with Crippen LogP contribution in [0.1, 0.15) is 71.8 Å². The number of hydrogen-bond acceptors (Lipinski definition) is 4. The third-order valence-corrected chi connectivity index (χ3v) is 5.10. The Morgan fingerprint density at radius 3 is 2.28 bits per heavy atom. The van der Waals surface area contributed by atoms with E-state index in [1.165, 1.54) is 0 Å². The lowest BCUT2D eigenvalue weighted by atomic mass is 9.95. The summed E-state index contributed by atoms with van der Waals surface area (Å²) in [4.78, 5) is 36.8. The van der Waals surface area contributed by atoms with Crippen LogP contribution in [-0.2, 0) is 9.53 Å². The average Bonchev–Trinajstić information content (AvgIpc) is 3.44. The van der Waals surface area contributed by atoms with Crippen molar-refractivity contribution in [2.45, 2.75) is 53.5 Å². The van der Waals surface area contributed by atoms with E-state index in [4.69, 9.17) is 4.74 Å². The zero-order valence-corrected chi connectivity index (χ0v) is 17.7. The summed E-state index contributed by atoms with van der Waals surface area (Å²) in [5.74, 6) is -0.871. The van der Waals surface area contributed by atoms with Crippen molar-refractivity contribution in [2.24, 2.45) is 5.41 Å². The van der Waals surface area contributed by atoms with Crippen LogP contribution in [0.15, 0.2) is 30.3 Å². The predicted octanol–water partition coefficient (Wildman–Crippen LogP) is 4.46. The molecule has 1 fully saturated rings. The van der Waals surface area contributed by atoms with E-state index >= 15 is 0 Å². The molecule has 1 aliphatic carbocycles. The largest absolute Gasteiger partial charge is 0.454 e. The molecule has 0 atom stereocenters. The number of aryl methyl sites for hydroxylation is 1. The first kappa shape index (κ1) is 20.8. The number of aromatic nitrogens is 1. The topological polar surface area (TPSA) is 77.4 Å². The molecule has 1 amide bonds. The Bertz CT molecular complexity index is 944. The normalized spacial score (nSPS) is 13.8. The molecule has 0 radical (unpaired) electrons. The maximum atomic E-state index is 12.4. The second kappa shape index (κ2) is 7.85. The van der Waals surface area contributed by atoms with Crippen molar-refractivity contribution >= 4 is 23.3 Å². The number of amides is 1. The van der Waals surface area contributed by atoms with Gasteiger partial charge in [0.05, 0.1) is 5.56 Å². The highest BCUT2D eigenvalue weighted by atomic mass is 16.5. The fourth-order valence-electron chi connectivity index (χ4n) is 3.23. The molecular formula is C23H28N2O4. The first-order chi connectivity index (χ1) is 13.6. The van der Waals surface area contributed by atoms with Gasteiger partial charge in [0, 0.05) is 34.1 Å². The van der Waals surface area contributed by atoms with Crippen LogP contribution in [0.25, 0.3) is 0 Å². The van der Waals surface area contributed by atoms with Crippen molar-refractivity contribution < 1.29 is 19.1 Å². The number of carbonyl (C=O) groups is 3. The van der Waals surface area contributed by atoms with Gasteiger partial charge >= 0.3 is 5.97 Å². The van der Waals surface area contributed by atoms with Gasteiger partial charge in [-0.1, -0.05) is 20.8 Å². The molecule has 1 saturated carbocycles. The van der Waals surface area contributed by atoms with E-state index in [2.05, 4.69) is 9.88 Å². The summed E-state index contributed by atoms with van der Waals surface area (Å²) >= 11 is 0. The summed E-state index contributed by atoms with van der Waals surface area (Å²) in [6, 6.07) is 8.88. The van der Waals surface area contributed by atoms with Crippen molar-refractivity contribution in [3.05, 3.63) is 52.8 Å². The van der Waals surface area contributed by atoms with E-state index in [9.17, 15) is 14.4 Å². The van der Waals surface area contributed by atoms with Gasteiger partial charge in [-0.3, -0.25) is 9.59 Å². The van der Waals surface area contributed by atoms with Gasteiger partial charge in [0.2, 0.25) is 5.91 Å². The van der Waals surface area contributed by atoms with Gasteiger partial charge in [-0.2, -0.15) is 0 Å². The summed E-state index contributed by atoms with van der Waals surface area (Å²) < 4.78 is 7.43. The summed E-state index contributed by atoms with van der Waals surface area (Å²) in [7, 11) is 0. The van der Waals surface area contributed by atoms with Gasteiger partial charge in [-0.15, -0.1) is 0 Å². The molecule has 1 N–H and O–H groups in total. The second-order valence-electron chi connectivity index (χ2n) is 8.67. The number of rotatable bonds is 6. The molecule has 0 saturated heterocycles. The van der Waals surface area contributed by atoms with Crippen LogP contribution in [0.5, 0.6) is 0 Å². The Hall–Kier alpha value is -2.89. The Labute approximate surface area is 171 Å². The molecule has 0 unspecified atom stereocenters. The monoisotopic (exact) mass is 396 g/mol. The number of esters is 1. The number of Topliss-reactive ketones (excluding diaryl/α,β-unsaturated/α-hetero) is 1. The van der Waals surface area contributed by atoms with E-state index in [1.54, 1.807) is 24.3 Å². The molecule has 3 rings (SSSR count). The number of ketones is 1.